The number of carbonyl (C=O) groups is 1. The fourth-order valence-electron chi connectivity index (χ4n) is 1.10. The molecule has 70 valence electrons. The van der Waals surface area contributed by atoms with E-state index in [0.29, 0.717) is 12.0 Å². The Morgan fingerprint density at radius 2 is 2.31 bits per heavy atom. The zero-order valence-electron chi connectivity index (χ0n) is 7.26. The lowest BCUT2D eigenvalue weighted by molar-refractivity contribution is -0.110. The Labute approximate surface area is 85.1 Å². The molecule has 0 bridgehead atoms. The second-order valence-electron chi connectivity index (χ2n) is 3.02. The van der Waals surface area contributed by atoms with Gasteiger partial charge in [-0.15, -0.1) is 0 Å². The van der Waals surface area contributed by atoms with Crippen LogP contribution in [0.3, 0.4) is 0 Å². The van der Waals surface area contributed by atoms with Gasteiger partial charge in [0.25, 0.3) is 0 Å². The molecule has 0 fully saturated rings. The highest BCUT2D eigenvalue weighted by Gasteiger charge is 2.09. The van der Waals surface area contributed by atoms with Crippen LogP contribution in [0, 0.1) is 11.7 Å². The van der Waals surface area contributed by atoms with E-state index in [0.717, 1.165) is 10.8 Å². The van der Waals surface area contributed by atoms with Crippen molar-refractivity contribution in [3.8, 4) is 0 Å². The van der Waals surface area contributed by atoms with E-state index in [2.05, 4.69) is 15.9 Å². The minimum absolute atomic E-state index is 0.145. The van der Waals surface area contributed by atoms with Crippen molar-refractivity contribution in [3.63, 3.8) is 0 Å². The molecule has 0 saturated carbocycles. The van der Waals surface area contributed by atoms with E-state index < -0.39 is 0 Å². The van der Waals surface area contributed by atoms with Crippen LogP contribution < -0.4 is 0 Å². The first kappa shape index (κ1) is 10.4. The van der Waals surface area contributed by atoms with E-state index in [9.17, 15) is 9.18 Å². The molecule has 1 nitrogen and oxygen atoms in total. The molecule has 0 aliphatic carbocycles. The molecule has 0 N–H and O–H groups in total. The van der Waals surface area contributed by atoms with Crippen LogP contribution in [0.15, 0.2) is 22.7 Å². The zero-order valence-corrected chi connectivity index (χ0v) is 8.84. The van der Waals surface area contributed by atoms with Crippen molar-refractivity contribution in [1.82, 2.24) is 0 Å². The van der Waals surface area contributed by atoms with Gasteiger partial charge < -0.3 is 4.79 Å². The summed E-state index contributed by atoms with van der Waals surface area (Å²) in [6.07, 6.45) is 1.27. The smallest absolute Gasteiger partial charge is 0.127 e. The third-order valence-corrected chi connectivity index (χ3v) is 2.56. The molecule has 0 heterocycles. The van der Waals surface area contributed by atoms with E-state index in [1.54, 1.807) is 19.1 Å². The third-order valence-electron chi connectivity index (χ3n) is 1.82. The number of benzene rings is 1. The predicted octanol–water partition coefficient (Wildman–Crippen LogP) is 2.97. The monoisotopic (exact) mass is 244 g/mol. The van der Waals surface area contributed by atoms with Gasteiger partial charge in [0.2, 0.25) is 0 Å². The quantitative estimate of drug-likeness (QED) is 0.748. The summed E-state index contributed by atoms with van der Waals surface area (Å²) < 4.78 is 13.9. The van der Waals surface area contributed by atoms with Crippen molar-refractivity contribution in [2.24, 2.45) is 5.92 Å². The average Bonchev–Trinajstić information content (AvgIpc) is 2.11. The highest BCUT2D eigenvalue weighted by atomic mass is 79.9. The summed E-state index contributed by atoms with van der Waals surface area (Å²) in [7, 11) is 0. The predicted molar refractivity (Wildman–Crippen MR) is 53.0 cm³/mol. The van der Waals surface area contributed by atoms with Gasteiger partial charge in [-0.2, -0.15) is 0 Å². The van der Waals surface area contributed by atoms with E-state index in [1.807, 2.05) is 0 Å². The molecule has 1 atom stereocenters. The number of halogens is 2. The van der Waals surface area contributed by atoms with Crippen molar-refractivity contribution in [2.75, 3.05) is 0 Å². The standard InChI is InChI=1S/C10H10BrFO/c1-7(6-13)5-8-9(11)3-2-4-10(8)12/h2-4,6-7H,5H2,1H3. The molecule has 13 heavy (non-hydrogen) atoms. The van der Waals surface area contributed by atoms with Gasteiger partial charge >= 0.3 is 0 Å². The van der Waals surface area contributed by atoms with Gasteiger partial charge in [-0.1, -0.05) is 28.9 Å². The first-order valence-corrected chi connectivity index (χ1v) is 4.82. The van der Waals surface area contributed by atoms with E-state index in [1.165, 1.54) is 6.07 Å². The van der Waals surface area contributed by atoms with Gasteiger partial charge in [0, 0.05) is 16.0 Å². The molecule has 0 aliphatic rings. The first-order valence-electron chi connectivity index (χ1n) is 4.03. The maximum Gasteiger partial charge on any atom is 0.127 e. The summed E-state index contributed by atoms with van der Waals surface area (Å²) in [5.41, 5.74) is 0.571. The normalized spacial score (nSPS) is 12.5. The summed E-state index contributed by atoms with van der Waals surface area (Å²) in [4.78, 5) is 10.4. The molecular formula is C10H10BrFO. The average molecular weight is 245 g/mol. The number of rotatable bonds is 3. The molecule has 1 aromatic carbocycles. The summed E-state index contributed by atoms with van der Waals surface area (Å²) in [6.45, 7) is 1.77. The second-order valence-corrected chi connectivity index (χ2v) is 3.87. The minimum Gasteiger partial charge on any atom is -0.303 e. The van der Waals surface area contributed by atoms with Crippen molar-refractivity contribution in [2.45, 2.75) is 13.3 Å². The molecule has 1 unspecified atom stereocenters. The molecule has 0 saturated heterocycles. The van der Waals surface area contributed by atoms with Crippen LogP contribution in [-0.4, -0.2) is 6.29 Å². The Hall–Kier alpha value is -0.700. The maximum atomic E-state index is 13.2. The molecule has 1 aromatic rings. The number of aldehydes is 1. The molecule has 0 aromatic heterocycles. The highest BCUT2D eigenvalue weighted by Crippen LogP contribution is 2.21. The number of hydrogen-bond acceptors (Lipinski definition) is 1. The topological polar surface area (TPSA) is 17.1 Å². The van der Waals surface area contributed by atoms with Crippen LogP contribution in [0.4, 0.5) is 4.39 Å². The summed E-state index contributed by atoms with van der Waals surface area (Å²) in [6, 6.07) is 4.81. The SMILES string of the molecule is CC(C=O)Cc1c(F)cccc1Br. The van der Waals surface area contributed by atoms with Gasteiger partial charge in [0.05, 0.1) is 0 Å². The van der Waals surface area contributed by atoms with Crippen LogP contribution in [-0.2, 0) is 11.2 Å². The van der Waals surface area contributed by atoms with Gasteiger partial charge in [0.1, 0.15) is 12.1 Å². The Morgan fingerprint density at radius 1 is 1.62 bits per heavy atom. The molecule has 1 rings (SSSR count). The zero-order chi connectivity index (χ0) is 9.84. The molecule has 0 aliphatic heterocycles. The summed E-state index contributed by atoms with van der Waals surface area (Å²) in [5.74, 6) is -0.406. The van der Waals surface area contributed by atoms with Crippen molar-refractivity contribution in [1.29, 1.82) is 0 Å². The van der Waals surface area contributed by atoms with Crippen LogP contribution in [0.25, 0.3) is 0 Å². The van der Waals surface area contributed by atoms with E-state index >= 15 is 0 Å². The van der Waals surface area contributed by atoms with E-state index in [4.69, 9.17) is 0 Å². The first-order chi connectivity index (χ1) is 6.15. The molecule has 3 heteroatoms. The van der Waals surface area contributed by atoms with Crippen molar-refractivity contribution in [3.05, 3.63) is 34.1 Å². The number of carbonyl (C=O) groups excluding carboxylic acids is 1. The van der Waals surface area contributed by atoms with Crippen LogP contribution in [0.5, 0.6) is 0 Å². The van der Waals surface area contributed by atoms with Gasteiger partial charge in [-0.05, 0) is 18.6 Å². The lowest BCUT2D eigenvalue weighted by Crippen LogP contribution is -2.03. The Bertz CT molecular complexity index is 292. The largest absolute Gasteiger partial charge is 0.303 e. The molecule has 0 spiro atoms. The highest BCUT2D eigenvalue weighted by molar-refractivity contribution is 9.10. The van der Waals surface area contributed by atoms with Crippen LogP contribution in [0.1, 0.15) is 12.5 Å². The molecule has 0 radical (unpaired) electrons. The summed E-state index contributed by atoms with van der Waals surface area (Å²) >= 11 is 3.25. The fraction of sp³-hybridized carbons (Fsp3) is 0.300. The van der Waals surface area contributed by atoms with Crippen LogP contribution in [0.2, 0.25) is 0 Å². The van der Waals surface area contributed by atoms with Gasteiger partial charge in [-0.3, -0.25) is 0 Å². The van der Waals surface area contributed by atoms with Crippen LogP contribution >= 0.6 is 15.9 Å². The summed E-state index contributed by atoms with van der Waals surface area (Å²) in [5, 5.41) is 0. The maximum absolute atomic E-state index is 13.2. The minimum atomic E-state index is -0.261. The fourth-order valence-corrected chi connectivity index (χ4v) is 1.60. The third kappa shape index (κ3) is 2.62. The van der Waals surface area contributed by atoms with Gasteiger partial charge in [0.15, 0.2) is 0 Å². The number of hydrogen-bond donors (Lipinski definition) is 0. The Kier molecular flexibility index (Phi) is 3.60. The lowest BCUT2D eigenvalue weighted by atomic mass is 10.0. The lowest BCUT2D eigenvalue weighted by Gasteiger charge is -2.07. The second kappa shape index (κ2) is 4.51. The molecule has 0 amide bonds. The Morgan fingerprint density at radius 3 is 2.85 bits per heavy atom. The molecular weight excluding hydrogens is 235 g/mol. The van der Waals surface area contributed by atoms with Crippen molar-refractivity contribution >= 4 is 22.2 Å². The van der Waals surface area contributed by atoms with Crippen molar-refractivity contribution < 1.29 is 9.18 Å². The Balaban J connectivity index is 2.93. The van der Waals surface area contributed by atoms with Gasteiger partial charge in [-0.25, -0.2) is 4.39 Å². The van der Waals surface area contributed by atoms with E-state index in [-0.39, 0.29) is 11.7 Å².